The molecule has 1 aromatic carbocycles. The van der Waals surface area contributed by atoms with Crippen LogP contribution >= 0.6 is 23.1 Å². The highest BCUT2D eigenvalue weighted by atomic mass is 32.2. The molecule has 24 heavy (non-hydrogen) atoms. The van der Waals surface area contributed by atoms with Gasteiger partial charge in [-0.1, -0.05) is 23.1 Å². The van der Waals surface area contributed by atoms with Gasteiger partial charge in [0.2, 0.25) is 5.91 Å². The molecule has 1 heterocycles. The summed E-state index contributed by atoms with van der Waals surface area (Å²) >= 11 is 2.62. The van der Waals surface area contributed by atoms with Crippen LogP contribution in [0.3, 0.4) is 0 Å². The van der Waals surface area contributed by atoms with E-state index in [0.717, 1.165) is 5.01 Å². The summed E-state index contributed by atoms with van der Waals surface area (Å²) < 4.78 is 10.9. The number of ether oxygens (including phenoxy) is 2. The molecule has 2 N–H and O–H groups in total. The molecule has 2 rings (SSSR count). The number of carbonyl (C=O) groups excluding carboxylic acids is 1. The average Bonchev–Trinajstić information content (AvgIpc) is 2.97. The number of thioether (sulfide) groups is 1. The van der Waals surface area contributed by atoms with Crippen LogP contribution in [0.2, 0.25) is 0 Å². The van der Waals surface area contributed by atoms with Crippen LogP contribution in [-0.2, 0) is 4.79 Å². The maximum Gasteiger partial charge on any atom is 0.337 e. The van der Waals surface area contributed by atoms with Crippen molar-refractivity contribution in [3.8, 4) is 11.5 Å². The number of hydrogen-bond acceptors (Lipinski definition) is 8. The van der Waals surface area contributed by atoms with Gasteiger partial charge in [0.05, 0.1) is 31.2 Å². The molecular formula is C14H15N3O5S2. The number of aryl methyl sites for hydroxylation is 1. The molecule has 1 aromatic heterocycles. The molecule has 2 aromatic rings. The lowest BCUT2D eigenvalue weighted by atomic mass is 10.1. The smallest absolute Gasteiger partial charge is 0.337 e. The Bertz CT molecular complexity index is 763. The molecule has 0 aliphatic heterocycles. The number of nitrogens with one attached hydrogen (secondary N) is 1. The van der Waals surface area contributed by atoms with Gasteiger partial charge in [0.25, 0.3) is 0 Å². The van der Waals surface area contributed by atoms with E-state index >= 15 is 0 Å². The SMILES string of the molecule is COc1cc(NC(=O)CSc2nnc(C)s2)c(C(=O)O)cc1OC. The second-order valence-corrected chi connectivity index (χ2v) is 6.89. The number of anilines is 1. The summed E-state index contributed by atoms with van der Waals surface area (Å²) in [6.45, 7) is 1.82. The number of aromatic carboxylic acids is 1. The normalized spacial score (nSPS) is 10.3. The fourth-order valence-electron chi connectivity index (χ4n) is 1.81. The van der Waals surface area contributed by atoms with Gasteiger partial charge in [0.1, 0.15) is 5.01 Å². The second kappa shape index (κ2) is 7.97. The summed E-state index contributed by atoms with van der Waals surface area (Å²) in [5.74, 6) is -0.861. The number of carboxylic acids is 1. The van der Waals surface area contributed by atoms with E-state index in [9.17, 15) is 14.7 Å². The number of hydrogen-bond donors (Lipinski definition) is 2. The minimum atomic E-state index is -1.18. The van der Waals surface area contributed by atoms with Gasteiger partial charge < -0.3 is 19.9 Å². The van der Waals surface area contributed by atoms with Crippen LogP contribution < -0.4 is 14.8 Å². The van der Waals surface area contributed by atoms with Gasteiger partial charge in [-0.3, -0.25) is 4.79 Å². The highest BCUT2D eigenvalue weighted by Crippen LogP contribution is 2.33. The minimum Gasteiger partial charge on any atom is -0.493 e. The van der Waals surface area contributed by atoms with Gasteiger partial charge in [-0.25, -0.2) is 4.79 Å². The van der Waals surface area contributed by atoms with Gasteiger partial charge in [-0.05, 0) is 6.92 Å². The van der Waals surface area contributed by atoms with Crippen molar-refractivity contribution in [2.75, 3.05) is 25.3 Å². The molecule has 0 aliphatic rings. The van der Waals surface area contributed by atoms with E-state index in [1.54, 1.807) is 0 Å². The van der Waals surface area contributed by atoms with Crippen molar-refractivity contribution in [3.63, 3.8) is 0 Å². The highest BCUT2D eigenvalue weighted by Gasteiger charge is 2.18. The molecule has 0 atom stereocenters. The third kappa shape index (κ3) is 4.36. The minimum absolute atomic E-state index is 0.0854. The molecule has 0 saturated heterocycles. The molecule has 0 bridgehead atoms. The first-order valence-corrected chi connectivity index (χ1v) is 8.47. The van der Waals surface area contributed by atoms with Gasteiger partial charge in [0, 0.05) is 12.1 Å². The molecule has 0 radical (unpaired) electrons. The molecule has 0 saturated carbocycles. The molecular weight excluding hydrogens is 354 g/mol. The molecule has 128 valence electrons. The third-order valence-corrected chi connectivity index (χ3v) is 4.83. The van der Waals surface area contributed by atoms with Crippen LogP contribution in [-0.4, -0.2) is 47.2 Å². The average molecular weight is 369 g/mol. The van der Waals surface area contributed by atoms with E-state index in [2.05, 4.69) is 15.5 Å². The number of aromatic nitrogens is 2. The largest absolute Gasteiger partial charge is 0.493 e. The molecule has 0 unspecified atom stereocenters. The van der Waals surface area contributed by atoms with Crippen molar-refractivity contribution in [3.05, 3.63) is 22.7 Å². The topological polar surface area (TPSA) is 111 Å². The second-order valence-electron chi connectivity index (χ2n) is 4.48. The molecule has 1 amide bonds. The standard InChI is InChI=1S/C14H15N3O5S2/c1-7-16-17-14(24-7)23-6-12(18)15-9-5-11(22-3)10(21-2)4-8(9)13(19)20/h4-5H,6H2,1-3H3,(H,15,18)(H,19,20). The quantitative estimate of drug-likeness (QED) is 0.715. The maximum atomic E-state index is 12.1. The summed E-state index contributed by atoms with van der Waals surface area (Å²) in [6.07, 6.45) is 0. The van der Waals surface area contributed by atoms with Crippen LogP contribution in [0.5, 0.6) is 11.5 Å². The van der Waals surface area contributed by atoms with E-state index in [4.69, 9.17) is 9.47 Å². The number of rotatable bonds is 7. The first-order chi connectivity index (χ1) is 11.4. The Hall–Kier alpha value is -2.33. The third-order valence-electron chi connectivity index (χ3n) is 2.86. The zero-order valence-electron chi connectivity index (χ0n) is 13.2. The lowest BCUT2D eigenvalue weighted by Gasteiger charge is -2.13. The van der Waals surface area contributed by atoms with Crippen LogP contribution in [0.1, 0.15) is 15.4 Å². The van der Waals surface area contributed by atoms with Gasteiger partial charge in [-0.15, -0.1) is 10.2 Å². The predicted octanol–water partition coefficient (Wildman–Crippen LogP) is 2.29. The molecule has 0 spiro atoms. The first kappa shape index (κ1) is 18.0. The van der Waals surface area contributed by atoms with Gasteiger partial charge in [-0.2, -0.15) is 0 Å². The zero-order chi connectivity index (χ0) is 17.7. The Kier molecular flexibility index (Phi) is 5.99. The lowest BCUT2D eigenvalue weighted by molar-refractivity contribution is -0.113. The number of methoxy groups -OCH3 is 2. The number of carbonyl (C=O) groups is 2. The van der Waals surface area contributed by atoms with Crippen molar-refractivity contribution in [2.24, 2.45) is 0 Å². The van der Waals surface area contributed by atoms with Crippen molar-refractivity contribution in [1.82, 2.24) is 10.2 Å². The van der Waals surface area contributed by atoms with E-state index in [1.165, 1.54) is 49.5 Å². The van der Waals surface area contributed by atoms with Gasteiger partial charge in [0.15, 0.2) is 15.8 Å². The van der Waals surface area contributed by atoms with Crippen LogP contribution in [0.4, 0.5) is 5.69 Å². The Morgan fingerprint density at radius 2 is 1.92 bits per heavy atom. The zero-order valence-corrected chi connectivity index (χ0v) is 14.8. The van der Waals surface area contributed by atoms with Crippen LogP contribution in [0.15, 0.2) is 16.5 Å². The summed E-state index contributed by atoms with van der Waals surface area (Å²) in [4.78, 5) is 23.5. The van der Waals surface area contributed by atoms with E-state index in [-0.39, 0.29) is 28.7 Å². The van der Waals surface area contributed by atoms with Crippen LogP contribution in [0, 0.1) is 6.92 Å². The Balaban J connectivity index is 2.14. The monoisotopic (exact) mass is 369 g/mol. The van der Waals surface area contributed by atoms with Gasteiger partial charge >= 0.3 is 5.97 Å². The fourth-order valence-corrected chi connectivity index (χ4v) is 3.43. The Morgan fingerprint density at radius 3 is 2.46 bits per heavy atom. The summed E-state index contributed by atoms with van der Waals surface area (Å²) in [5.41, 5.74) is 0.0527. The summed E-state index contributed by atoms with van der Waals surface area (Å²) in [6, 6.07) is 2.72. The first-order valence-electron chi connectivity index (χ1n) is 6.66. The van der Waals surface area contributed by atoms with E-state index in [0.29, 0.717) is 10.1 Å². The van der Waals surface area contributed by atoms with E-state index in [1.807, 2.05) is 6.92 Å². The van der Waals surface area contributed by atoms with E-state index < -0.39 is 5.97 Å². The van der Waals surface area contributed by atoms with Crippen molar-refractivity contribution >= 4 is 40.7 Å². The van der Waals surface area contributed by atoms with Crippen LogP contribution in [0.25, 0.3) is 0 Å². The molecule has 8 nitrogen and oxygen atoms in total. The highest BCUT2D eigenvalue weighted by molar-refractivity contribution is 8.01. The lowest BCUT2D eigenvalue weighted by Crippen LogP contribution is -2.17. The van der Waals surface area contributed by atoms with Crippen molar-refractivity contribution in [1.29, 1.82) is 0 Å². The number of carboxylic acid groups (broad SMARTS) is 1. The number of amides is 1. The Morgan fingerprint density at radius 1 is 1.25 bits per heavy atom. The molecule has 0 aliphatic carbocycles. The molecule has 10 heteroatoms. The maximum absolute atomic E-state index is 12.1. The number of benzene rings is 1. The van der Waals surface area contributed by atoms with Crippen molar-refractivity contribution < 1.29 is 24.2 Å². The Labute approximate surface area is 146 Å². The summed E-state index contributed by atoms with van der Waals surface area (Å²) in [5, 5.41) is 20.5. The predicted molar refractivity (Wildman–Crippen MR) is 90.5 cm³/mol. The summed E-state index contributed by atoms with van der Waals surface area (Å²) in [7, 11) is 2.83. The number of nitrogens with zero attached hydrogens (tertiary/aromatic N) is 2. The van der Waals surface area contributed by atoms with Crippen molar-refractivity contribution in [2.45, 2.75) is 11.3 Å². The fraction of sp³-hybridized carbons (Fsp3) is 0.286. The molecule has 0 fully saturated rings.